The van der Waals surface area contributed by atoms with Crippen molar-refractivity contribution in [3.63, 3.8) is 0 Å². The van der Waals surface area contributed by atoms with Gasteiger partial charge in [0.05, 0.1) is 23.7 Å². The number of benzene rings is 2. The lowest BCUT2D eigenvalue weighted by atomic mass is 9.98. The first kappa shape index (κ1) is 23.1. The van der Waals surface area contributed by atoms with Crippen LogP contribution in [0.2, 0.25) is 0 Å². The maximum atomic E-state index is 12.7. The minimum atomic E-state index is -3.63. The average Bonchev–Trinajstić information content (AvgIpc) is 2.82. The van der Waals surface area contributed by atoms with E-state index >= 15 is 0 Å². The molecule has 0 amide bonds. The fourth-order valence-corrected chi connectivity index (χ4v) is 4.81. The summed E-state index contributed by atoms with van der Waals surface area (Å²) in [5, 5.41) is 0. The van der Waals surface area contributed by atoms with Crippen molar-refractivity contribution >= 4 is 21.8 Å². The van der Waals surface area contributed by atoms with Gasteiger partial charge in [0.2, 0.25) is 15.8 Å². The Kier molecular flexibility index (Phi) is 7.59. The Morgan fingerprint density at radius 3 is 2.29 bits per heavy atom. The summed E-state index contributed by atoms with van der Waals surface area (Å²) in [5.41, 5.74) is 2.72. The summed E-state index contributed by atoms with van der Waals surface area (Å²) in [6.07, 6.45) is 1.52. The van der Waals surface area contributed by atoms with Crippen LogP contribution >= 0.6 is 0 Å². The predicted octanol–water partition coefficient (Wildman–Crippen LogP) is 2.87. The van der Waals surface area contributed by atoms with Gasteiger partial charge in [-0.2, -0.15) is 4.31 Å². The zero-order valence-electron chi connectivity index (χ0n) is 17.8. The van der Waals surface area contributed by atoms with Crippen molar-refractivity contribution in [2.45, 2.75) is 31.6 Å². The van der Waals surface area contributed by atoms with Gasteiger partial charge in [-0.3, -0.25) is 4.79 Å². The summed E-state index contributed by atoms with van der Waals surface area (Å²) in [6.45, 7) is 4.93. The molecule has 1 aliphatic heterocycles. The normalized spacial score (nSPS) is 14.9. The zero-order chi connectivity index (χ0) is 22.4. The van der Waals surface area contributed by atoms with E-state index in [9.17, 15) is 18.0 Å². The van der Waals surface area contributed by atoms with Crippen LogP contribution in [-0.2, 0) is 32.3 Å². The Hall–Kier alpha value is -2.55. The molecule has 2 aromatic rings. The molecule has 2 aromatic carbocycles. The van der Waals surface area contributed by atoms with Gasteiger partial charge in [-0.25, -0.2) is 13.2 Å². The SMILES string of the molecule is CCc1ccc(CC)c(C(=O)COC(=O)c2ccc(S(=O)(=O)N3CCOCC3)cc2)c1. The van der Waals surface area contributed by atoms with E-state index in [0.717, 1.165) is 17.5 Å². The lowest BCUT2D eigenvalue weighted by Gasteiger charge is -2.26. The number of aryl methyl sites for hydroxylation is 2. The van der Waals surface area contributed by atoms with Gasteiger partial charge in [-0.15, -0.1) is 0 Å². The first-order valence-electron chi connectivity index (χ1n) is 10.4. The van der Waals surface area contributed by atoms with Crippen LogP contribution in [-0.4, -0.2) is 57.4 Å². The van der Waals surface area contributed by atoms with E-state index in [1.807, 2.05) is 32.0 Å². The molecule has 1 aliphatic rings. The first-order valence-corrected chi connectivity index (χ1v) is 11.8. The smallest absolute Gasteiger partial charge is 0.338 e. The zero-order valence-corrected chi connectivity index (χ0v) is 18.6. The van der Waals surface area contributed by atoms with Crippen LogP contribution in [0.3, 0.4) is 0 Å². The van der Waals surface area contributed by atoms with Crippen LogP contribution < -0.4 is 0 Å². The molecule has 1 heterocycles. The minimum Gasteiger partial charge on any atom is -0.454 e. The first-order chi connectivity index (χ1) is 14.9. The van der Waals surface area contributed by atoms with Gasteiger partial charge < -0.3 is 9.47 Å². The standard InChI is InChI=1S/C23H27NO6S/c1-3-17-5-6-18(4-2)21(15-17)22(25)16-30-23(26)19-7-9-20(10-8-19)31(27,28)24-11-13-29-14-12-24/h5-10,15H,3-4,11-14,16H2,1-2H3. The summed E-state index contributed by atoms with van der Waals surface area (Å²) >= 11 is 0. The molecule has 0 bridgehead atoms. The van der Waals surface area contributed by atoms with Crippen LogP contribution in [0, 0.1) is 0 Å². The summed E-state index contributed by atoms with van der Waals surface area (Å²) in [4.78, 5) is 25.1. The molecule has 0 atom stereocenters. The molecule has 3 rings (SSSR count). The van der Waals surface area contributed by atoms with Crippen molar-refractivity contribution in [2.75, 3.05) is 32.9 Å². The second-order valence-electron chi connectivity index (χ2n) is 7.24. The van der Waals surface area contributed by atoms with Crippen molar-refractivity contribution in [1.82, 2.24) is 4.31 Å². The Labute approximate surface area is 183 Å². The van der Waals surface area contributed by atoms with Gasteiger partial charge in [0.25, 0.3) is 0 Å². The molecule has 166 valence electrons. The maximum absolute atomic E-state index is 12.7. The molecule has 0 aliphatic carbocycles. The number of carbonyl (C=O) groups excluding carboxylic acids is 2. The van der Waals surface area contributed by atoms with Crippen LogP contribution in [0.15, 0.2) is 47.4 Å². The number of Topliss-reactive ketones (excluding diaryl/α,β-unsaturated/α-hetero) is 1. The molecule has 0 spiro atoms. The number of ketones is 1. The fourth-order valence-electron chi connectivity index (χ4n) is 3.40. The van der Waals surface area contributed by atoms with Crippen molar-refractivity contribution in [3.8, 4) is 0 Å². The van der Waals surface area contributed by atoms with Gasteiger partial charge in [0.1, 0.15) is 0 Å². The van der Waals surface area contributed by atoms with Gasteiger partial charge in [0, 0.05) is 18.7 Å². The molecule has 0 N–H and O–H groups in total. The second-order valence-corrected chi connectivity index (χ2v) is 9.18. The number of hydrogen-bond donors (Lipinski definition) is 0. The number of sulfonamides is 1. The largest absolute Gasteiger partial charge is 0.454 e. The molecule has 0 saturated carbocycles. The van der Waals surface area contributed by atoms with Gasteiger partial charge in [0.15, 0.2) is 6.61 Å². The van der Waals surface area contributed by atoms with Gasteiger partial charge in [-0.05, 0) is 54.3 Å². The molecule has 7 nitrogen and oxygen atoms in total. The topological polar surface area (TPSA) is 90.0 Å². The highest BCUT2D eigenvalue weighted by molar-refractivity contribution is 7.89. The van der Waals surface area contributed by atoms with E-state index in [2.05, 4.69) is 0 Å². The van der Waals surface area contributed by atoms with E-state index in [4.69, 9.17) is 9.47 Å². The average molecular weight is 446 g/mol. The summed E-state index contributed by atoms with van der Waals surface area (Å²) in [6, 6.07) is 11.3. The summed E-state index contributed by atoms with van der Waals surface area (Å²) in [7, 11) is -3.63. The molecule has 0 unspecified atom stereocenters. The van der Waals surface area contributed by atoms with E-state index in [1.165, 1.54) is 28.6 Å². The Morgan fingerprint density at radius 2 is 1.68 bits per heavy atom. The molecular weight excluding hydrogens is 418 g/mol. The second kappa shape index (κ2) is 10.2. The summed E-state index contributed by atoms with van der Waals surface area (Å²) < 4.78 is 37.1. The fraction of sp³-hybridized carbons (Fsp3) is 0.391. The van der Waals surface area contributed by atoms with Crippen molar-refractivity contribution in [3.05, 3.63) is 64.7 Å². The number of hydrogen-bond acceptors (Lipinski definition) is 6. The monoisotopic (exact) mass is 445 g/mol. The molecule has 0 aromatic heterocycles. The van der Waals surface area contributed by atoms with Crippen LogP contribution in [0.5, 0.6) is 0 Å². The lowest BCUT2D eigenvalue weighted by molar-refractivity contribution is 0.0474. The Balaban J connectivity index is 1.65. The highest BCUT2D eigenvalue weighted by Crippen LogP contribution is 2.19. The predicted molar refractivity (Wildman–Crippen MR) is 116 cm³/mol. The van der Waals surface area contributed by atoms with Crippen molar-refractivity contribution < 1.29 is 27.5 Å². The molecule has 8 heteroatoms. The molecule has 1 fully saturated rings. The number of morpholine rings is 1. The molecule has 31 heavy (non-hydrogen) atoms. The van der Waals surface area contributed by atoms with Crippen molar-refractivity contribution in [1.29, 1.82) is 0 Å². The van der Waals surface area contributed by atoms with Gasteiger partial charge in [-0.1, -0.05) is 26.0 Å². The summed E-state index contributed by atoms with van der Waals surface area (Å²) in [5.74, 6) is -0.930. The quantitative estimate of drug-likeness (QED) is 0.458. The van der Waals surface area contributed by atoms with Gasteiger partial charge >= 0.3 is 5.97 Å². The van der Waals surface area contributed by atoms with E-state index < -0.39 is 16.0 Å². The van der Waals surface area contributed by atoms with Crippen molar-refractivity contribution in [2.24, 2.45) is 0 Å². The maximum Gasteiger partial charge on any atom is 0.338 e. The highest BCUT2D eigenvalue weighted by Gasteiger charge is 2.26. The number of esters is 1. The third kappa shape index (κ3) is 5.39. The lowest BCUT2D eigenvalue weighted by Crippen LogP contribution is -2.40. The number of rotatable bonds is 8. The highest BCUT2D eigenvalue weighted by atomic mass is 32.2. The van der Waals surface area contributed by atoms with Crippen LogP contribution in [0.4, 0.5) is 0 Å². The third-order valence-corrected chi connectivity index (χ3v) is 7.21. The Bertz CT molecular complexity index is 1040. The molecule has 0 radical (unpaired) electrons. The molecule has 1 saturated heterocycles. The van der Waals surface area contributed by atoms with Crippen LogP contribution in [0.25, 0.3) is 0 Å². The molecular formula is C23H27NO6S. The number of carbonyl (C=O) groups is 2. The van der Waals surface area contributed by atoms with E-state index in [1.54, 1.807) is 0 Å². The number of nitrogens with zero attached hydrogens (tertiary/aromatic N) is 1. The minimum absolute atomic E-state index is 0.103. The Morgan fingerprint density at radius 1 is 1.00 bits per heavy atom. The van der Waals surface area contributed by atoms with E-state index in [0.29, 0.717) is 38.3 Å². The van der Waals surface area contributed by atoms with E-state index in [-0.39, 0.29) is 22.8 Å². The number of ether oxygens (including phenoxy) is 2. The third-order valence-electron chi connectivity index (χ3n) is 5.30. The van der Waals surface area contributed by atoms with Crippen LogP contribution in [0.1, 0.15) is 45.7 Å².